The third-order valence-electron chi connectivity index (χ3n) is 4.83. The molecule has 28 heavy (non-hydrogen) atoms. The zero-order valence-electron chi connectivity index (χ0n) is 16.5. The Balaban J connectivity index is 2.11. The molecule has 0 fully saturated rings. The molecule has 1 aromatic rings. The molecule has 2 heterocycles. The highest BCUT2D eigenvalue weighted by Gasteiger charge is 2.44. The molecule has 0 amide bonds. The third kappa shape index (κ3) is 4.19. The smallest absolute Gasteiger partial charge is 0.336 e. The minimum atomic E-state index is -0.532. The van der Waals surface area contributed by atoms with Gasteiger partial charge in [-0.25, -0.2) is 9.78 Å². The van der Waals surface area contributed by atoms with E-state index in [0.717, 1.165) is 5.70 Å². The maximum Gasteiger partial charge on any atom is 0.336 e. The molecule has 3 rings (SSSR count). The Hall–Kier alpha value is -2.03. The van der Waals surface area contributed by atoms with Gasteiger partial charge in [0.1, 0.15) is 5.01 Å². The first-order valence-electron chi connectivity index (χ1n) is 9.48. The van der Waals surface area contributed by atoms with Gasteiger partial charge in [-0.15, -0.1) is 11.3 Å². The Morgan fingerprint density at radius 3 is 2.86 bits per heavy atom. The molecule has 1 atom stereocenters. The van der Waals surface area contributed by atoms with Crippen molar-refractivity contribution < 1.29 is 19.1 Å². The number of Topliss-reactive ketones (excluding diaryl/α,β-unsaturated/α-hetero) is 1. The van der Waals surface area contributed by atoms with Crippen LogP contribution >= 0.6 is 11.3 Å². The highest BCUT2D eigenvalue weighted by Crippen LogP contribution is 2.47. The summed E-state index contributed by atoms with van der Waals surface area (Å²) in [5, 5.41) is 5.89. The molecule has 0 bridgehead atoms. The van der Waals surface area contributed by atoms with Crippen molar-refractivity contribution >= 4 is 23.1 Å². The van der Waals surface area contributed by atoms with Crippen LogP contribution in [0.3, 0.4) is 0 Å². The zero-order chi connectivity index (χ0) is 20.3. The molecule has 8 heteroatoms. The van der Waals surface area contributed by atoms with Gasteiger partial charge < -0.3 is 20.5 Å². The van der Waals surface area contributed by atoms with E-state index in [2.05, 4.69) is 24.1 Å². The second kappa shape index (κ2) is 8.55. The molecule has 1 aliphatic heterocycles. The molecule has 1 aliphatic carbocycles. The minimum absolute atomic E-state index is 0.0441. The molecule has 1 unspecified atom stereocenters. The van der Waals surface area contributed by atoms with Gasteiger partial charge in [0.15, 0.2) is 5.78 Å². The normalized spacial score (nSPS) is 21.4. The number of nitrogens with one attached hydrogen (secondary N) is 1. The minimum Gasteiger partial charge on any atom is -0.463 e. The van der Waals surface area contributed by atoms with Crippen LogP contribution in [-0.2, 0) is 19.1 Å². The molecule has 0 radical (unpaired) electrons. The maximum atomic E-state index is 13.1. The summed E-state index contributed by atoms with van der Waals surface area (Å²) in [6.07, 6.45) is 2.84. The number of dihydropyridines is 1. The summed E-state index contributed by atoms with van der Waals surface area (Å²) in [4.78, 5) is 30.4. The monoisotopic (exact) mass is 405 g/mol. The standard InChI is InChI=1S/C20H27N3O4S/c1-4-27-19(25)16-13(11-26-7-5-21)23-12-9-20(2,3)10-14(24)15(12)17(16)18-22-6-8-28-18/h6,8,17,23H,4-5,7,9-11,21H2,1-3H3. The number of ether oxygens (including phenoxy) is 2. The third-order valence-corrected chi connectivity index (χ3v) is 5.67. The summed E-state index contributed by atoms with van der Waals surface area (Å²) < 4.78 is 11.0. The number of nitrogens with two attached hydrogens (primary N) is 1. The SMILES string of the molecule is CCOC(=O)C1=C(COCCN)NC2=C(C(=O)CC(C)(C)C2)C1c1nccs1. The lowest BCUT2D eigenvalue weighted by molar-refractivity contribution is -0.139. The predicted octanol–water partition coefficient (Wildman–Crippen LogP) is 2.27. The van der Waals surface area contributed by atoms with Crippen LogP contribution in [0.15, 0.2) is 34.1 Å². The van der Waals surface area contributed by atoms with Gasteiger partial charge in [-0.2, -0.15) is 0 Å². The van der Waals surface area contributed by atoms with Crippen molar-refractivity contribution in [2.24, 2.45) is 11.1 Å². The van der Waals surface area contributed by atoms with Crippen molar-refractivity contribution in [1.29, 1.82) is 0 Å². The van der Waals surface area contributed by atoms with Crippen molar-refractivity contribution in [3.8, 4) is 0 Å². The van der Waals surface area contributed by atoms with Crippen LogP contribution in [0.25, 0.3) is 0 Å². The molecule has 1 aromatic heterocycles. The molecular weight excluding hydrogens is 378 g/mol. The van der Waals surface area contributed by atoms with Crippen LogP contribution in [0.4, 0.5) is 0 Å². The van der Waals surface area contributed by atoms with Crippen LogP contribution < -0.4 is 11.1 Å². The van der Waals surface area contributed by atoms with E-state index in [1.165, 1.54) is 11.3 Å². The number of carbonyl (C=O) groups excluding carboxylic acids is 2. The predicted molar refractivity (Wildman–Crippen MR) is 107 cm³/mol. The van der Waals surface area contributed by atoms with Crippen LogP contribution in [-0.4, -0.2) is 43.1 Å². The molecule has 7 nitrogen and oxygen atoms in total. The summed E-state index contributed by atoms with van der Waals surface area (Å²) in [6, 6.07) is 0. The number of rotatable bonds is 7. The Bertz CT molecular complexity index is 811. The fourth-order valence-electron chi connectivity index (χ4n) is 3.79. The Kier molecular flexibility index (Phi) is 6.32. The quantitative estimate of drug-likeness (QED) is 0.530. The van der Waals surface area contributed by atoms with Crippen molar-refractivity contribution in [3.05, 3.63) is 39.1 Å². The number of aromatic nitrogens is 1. The summed E-state index contributed by atoms with van der Waals surface area (Å²) in [7, 11) is 0. The van der Waals surface area contributed by atoms with Gasteiger partial charge in [0.25, 0.3) is 0 Å². The first kappa shape index (κ1) is 20.7. The van der Waals surface area contributed by atoms with Crippen LogP contribution in [0.5, 0.6) is 0 Å². The Morgan fingerprint density at radius 2 is 2.21 bits per heavy atom. The maximum absolute atomic E-state index is 13.1. The fourth-order valence-corrected chi connectivity index (χ4v) is 4.55. The van der Waals surface area contributed by atoms with Crippen LogP contribution in [0.1, 0.15) is 44.5 Å². The number of hydrogen-bond donors (Lipinski definition) is 2. The fraction of sp³-hybridized carbons (Fsp3) is 0.550. The molecule has 0 saturated heterocycles. The molecule has 0 saturated carbocycles. The molecule has 0 aromatic carbocycles. The highest BCUT2D eigenvalue weighted by atomic mass is 32.1. The van der Waals surface area contributed by atoms with Gasteiger partial charge in [-0.3, -0.25) is 4.79 Å². The second-order valence-corrected chi connectivity index (χ2v) is 8.64. The number of allylic oxidation sites excluding steroid dienone is 2. The van der Waals surface area contributed by atoms with Gasteiger partial charge >= 0.3 is 5.97 Å². The number of hydrogen-bond acceptors (Lipinski definition) is 8. The van der Waals surface area contributed by atoms with Gasteiger partial charge in [-0.05, 0) is 18.8 Å². The van der Waals surface area contributed by atoms with Crippen LogP contribution in [0, 0.1) is 5.41 Å². The summed E-state index contributed by atoms with van der Waals surface area (Å²) in [6.45, 7) is 7.11. The Labute approximate surface area is 169 Å². The molecule has 3 N–H and O–H groups in total. The molecular formula is C20H27N3O4S. The topological polar surface area (TPSA) is 104 Å². The van der Waals surface area contributed by atoms with E-state index < -0.39 is 11.9 Å². The summed E-state index contributed by atoms with van der Waals surface area (Å²) in [5.41, 5.74) is 7.88. The van der Waals surface area contributed by atoms with Gasteiger partial charge in [0.05, 0.1) is 37.0 Å². The van der Waals surface area contributed by atoms with Crippen molar-refractivity contribution in [2.45, 2.75) is 39.5 Å². The first-order chi connectivity index (χ1) is 13.4. The number of thiazole rings is 1. The average Bonchev–Trinajstić information content (AvgIpc) is 3.14. The molecule has 152 valence electrons. The lowest BCUT2D eigenvalue weighted by atomic mass is 9.70. The summed E-state index contributed by atoms with van der Waals surface area (Å²) in [5.74, 6) is -0.941. The van der Waals surface area contributed by atoms with E-state index in [9.17, 15) is 9.59 Å². The zero-order valence-corrected chi connectivity index (χ0v) is 17.4. The first-order valence-corrected chi connectivity index (χ1v) is 10.4. The van der Waals surface area contributed by atoms with E-state index in [4.69, 9.17) is 15.2 Å². The number of nitrogens with zero attached hydrogens (tertiary/aromatic N) is 1. The average molecular weight is 406 g/mol. The highest BCUT2D eigenvalue weighted by molar-refractivity contribution is 7.09. The van der Waals surface area contributed by atoms with Gasteiger partial charge in [0.2, 0.25) is 0 Å². The van der Waals surface area contributed by atoms with Crippen molar-refractivity contribution in [1.82, 2.24) is 10.3 Å². The molecule has 0 spiro atoms. The van der Waals surface area contributed by atoms with Gasteiger partial charge in [-0.1, -0.05) is 13.8 Å². The number of esters is 1. The second-order valence-electron chi connectivity index (χ2n) is 7.72. The number of carbonyl (C=O) groups is 2. The number of ketones is 1. The van der Waals surface area contributed by atoms with E-state index in [-0.39, 0.29) is 24.4 Å². The summed E-state index contributed by atoms with van der Waals surface area (Å²) >= 11 is 1.43. The molecule has 2 aliphatic rings. The van der Waals surface area contributed by atoms with E-state index in [0.29, 0.717) is 47.8 Å². The largest absolute Gasteiger partial charge is 0.463 e. The lowest BCUT2D eigenvalue weighted by Crippen LogP contribution is -2.40. The van der Waals surface area contributed by atoms with Crippen molar-refractivity contribution in [2.75, 3.05) is 26.4 Å². The van der Waals surface area contributed by atoms with E-state index in [1.807, 2.05) is 5.38 Å². The Morgan fingerprint density at radius 1 is 1.43 bits per heavy atom. The lowest BCUT2D eigenvalue weighted by Gasteiger charge is -2.39. The van der Waals surface area contributed by atoms with Gasteiger partial charge in [0, 0.05) is 35.8 Å². The van der Waals surface area contributed by atoms with E-state index in [1.54, 1.807) is 13.1 Å². The van der Waals surface area contributed by atoms with E-state index >= 15 is 0 Å². The van der Waals surface area contributed by atoms with Crippen LogP contribution in [0.2, 0.25) is 0 Å². The van der Waals surface area contributed by atoms with Crippen molar-refractivity contribution in [3.63, 3.8) is 0 Å².